The summed E-state index contributed by atoms with van der Waals surface area (Å²) in [4.78, 5) is 15.4. The first-order chi connectivity index (χ1) is 16.3. The summed E-state index contributed by atoms with van der Waals surface area (Å²) in [5.74, 6) is -0.227. The maximum Gasteiger partial charge on any atom is 0.256 e. The van der Waals surface area contributed by atoms with Crippen LogP contribution < -0.4 is 9.86 Å². The number of carbonyl (C=O) groups is 1. The van der Waals surface area contributed by atoms with Crippen molar-refractivity contribution in [3.05, 3.63) is 86.3 Å². The van der Waals surface area contributed by atoms with Crippen LogP contribution in [0.5, 0.6) is 0 Å². The highest BCUT2D eigenvalue weighted by Gasteiger charge is 2.20. The molecule has 0 spiro atoms. The molecular formula is C24H28Cl2N4O2S2. The zero-order chi connectivity index (χ0) is 25.3. The van der Waals surface area contributed by atoms with Gasteiger partial charge >= 0.3 is 0 Å². The number of nitrogens with two attached hydrogens (primary N) is 1. The minimum absolute atomic E-state index is 0.227. The molecule has 0 saturated heterocycles. The average Bonchev–Trinajstić information content (AvgIpc) is 2.82. The predicted octanol–water partition coefficient (Wildman–Crippen LogP) is 6.48. The lowest BCUT2D eigenvalue weighted by Crippen LogP contribution is -2.27. The molecule has 2 aromatic rings. The van der Waals surface area contributed by atoms with Crippen molar-refractivity contribution in [2.24, 2.45) is 9.54 Å². The van der Waals surface area contributed by atoms with Gasteiger partial charge in [0.2, 0.25) is 0 Å². The lowest BCUT2D eigenvalue weighted by molar-refractivity contribution is 0.0786. The van der Waals surface area contributed by atoms with E-state index < -0.39 is 11.0 Å². The quantitative estimate of drug-likeness (QED) is 0.394. The molecule has 6 nitrogen and oxygen atoms in total. The zero-order valence-electron chi connectivity index (χ0n) is 19.5. The minimum atomic E-state index is -1.55. The van der Waals surface area contributed by atoms with Crippen LogP contribution in [0.1, 0.15) is 41.8 Å². The molecule has 1 unspecified atom stereocenters. The van der Waals surface area contributed by atoms with Gasteiger partial charge < -0.3 is 9.62 Å². The summed E-state index contributed by atoms with van der Waals surface area (Å²) in [5.41, 5.74) is 3.34. The van der Waals surface area contributed by atoms with E-state index in [-0.39, 0.29) is 5.91 Å². The second kappa shape index (κ2) is 13.7. The summed E-state index contributed by atoms with van der Waals surface area (Å²) < 4.78 is 20.1. The normalized spacial score (nSPS) is 14.7. The maximum absolute atomic E-state index is 13.2. The van der Waals surface area contributed by atoms with Crippen molar-refractivity contribution >= 4 is 63.6 Å². The number of nitrogens with zero attached hydrogens (tertiary/aromatic N) is 2. The van der Waals surface area contributed by atoms with E-state index in [0.717, 1.165) is 29.0 Å². The summed E-state index contributed by atoms with van der Waals surface area (Å²) in [6.07, 6.45) is 5.78. The van der Waals surface area contributed by atoms with E-state index in [1.807, 2.05) is 32.9 Å². The van der Waals surface area contributed by atoms with Crippen molar-refractivity contribution < 1.29 is 9.00 Å². The van der Waals surface area contributed by atoms with Crippen LogP contribution in [0.15, 0.2) is 63.9 Å². The van der Waals surface area contributed by atoms with Crippen molar-refractivity contribution in [2.45, 2.75) is 33.7 Å². The van der Waals surface area contributed by atoms with Crippen molar-refractivity contribution in [1.29, 1.82) is 0 Å². The van der Waals surface area contributed by atoms with Crippen LogP contribution in [-0.2, 0) is 17.5 Å². The number of amides is 1. The molecule has 3 rings (SSSR count). The van der Waals surface area contributed by atoms with Gasteiger partial charge in [-0.3, -0.25) is 9.93 Å². The molecule has 182 valence electrons. The molecule has 0 saturated carbocycles. The van der Waals surface area contributed by atoms with Crippen molar-refractivity contribution in [2.75, 3.05) is 11.8 Å². The van der Waals surface area contributed by atoms with Crippen LogP contribution >= 0.6 is 35.3 Å². The van der Waals surface area contributed by atoms with Gasteiger partial charge in [-0.1, -0.05) is 55.3 Å². The van der Waals surface area contributed by atoms with Crippen LogP contribution in [0.4, 0.5) is 5.69 Å². The van der Waals surface area contributed by atoms with Crippen molar-refractivity contribution in [3.8, 4) is 0 Å². The molecule has 0 aromatic heterocycles. The molecule has 0 bridgehead atoms. The Hall–Kier alpha value is -2.10. The standard InChI is InChI=1S/C22H22Cl2N4O2S2.C2H6/c1-14-6-9-19(22(29)28(2)13-15-7-8-16(23)11-20(15)24)21(10-14)27-32(30)18-5-3-4-17(12-18)26-31-25;1-2/h3-11,27H,12-13,25H2,1-2H3;1-2H3/b26-17-;. The Kier molecular flexibility index (Phi) is 11.3. The Balaban J connectivity index is 0.00000199. The van der Waals surface area contributed by atoms with E-state index in [0.29, 0.717) is 39.2 Å². The Morgan fingerprint density at radius 3 is 2.65 bits per heavy atom. The maximum atomic E-state index is 13.2. The monoisotopic (exact) mass is 538 g/mol. The summed E-state index contributed by atoms with van der Waals surface area (Å²) in [5, 5.41) is 6.43. The van der Waals surface area contributed by atoms with E-state index in [1.165, 1.54) is 0 Å². The van der Waals surface area contributed by atoms with Gasteiger partial charge in [0.1, 0.15) is 11.0 Å². The van der Waals surface area contributed by atoms with Crippen LogP contribution in [0, 0.1) is 6.92 Å². The molecule has 0 radical (unpaired) electrons. The summed E-state index contributed by atoms with van der Waals surface area (Å²) in [6.45, 7) is 6.21. The van der Waals surface area contributed by atoms with Gasteiger partial charge in [-0.2, -0.15) is 0 Å². The Morgan fingerprint density at radius 1 is 1.24 bits per heavy atom. The van der Waals surface area contributed by atoms with Crippen molar-refractivity contribution in [3.63, 3.8) is 0 Å². The van der Waals surface area contributed by atoms with Gasteiger partial charge in [0.25, 0.3) is 5.91 Å². The molecule has 0 aliphatic heterocycles. The van der Waals surface area contributed by atoms with Crippen LogP contribution in [0.25, 0.3) is 0 Å². The number of anilines is 1. The lowest BCUT2D eigenvalue weighted by Gasteiger charge is -2.21. The van der Waals surface area contributed by atoms with Crippen LogP contribution in [0.3, 0.4) is 0 Å². The summed E-state index contributed by atoms with van der Waals surface area (Å²) in [6, 6.07) is 10.5. The Bertz CT molecular complexity index is 1150. The molecule has 1 atom stereocenters. The highest BCUT2D eigenvalue weighted by Crippen LogP contribution is 2.26. The SMILES string of the molecule is CC.Cc1ccc(C(=O)N(C)Cc2ccc(Cl)cc2Cl)c(NS(=O)C2=CC=C/C(=N/SN)C2)c1. The van der Waals surface area contributed by atoms with Gasteiger partial charge in [-0.15, -0.1) is 0 Å². The van der Waals surface area contributed by atoms with E-state index in [2.05, 4.69) is 9.12 Å². The highest BCUT2D eigenvalue weighted by molar-refractivity contribution is 7.95. The molecule has 3 N–H and O–H groups in total. The Morgan fingerprint density at radius 2 is 1.97 bits per heavy atom. The number of nitrogens with one attached hydrogen (secondary N) is 1. The molecule has 10 heteroatoms. The third kappa shape index (κ3) is 7.71. The summed E-state index contributed by atoms with van der Waals surface area (Å²) in [7, 11) is 0.138. The molecule has 1 aliphatic rings. The number of allylic oxidation sites excluding steroid dienone is 4. The Labute approximate surface area is 218 Å². The fourth-order valence-corrected chi connectivity index (χ4v) is 4.81. The first-order valence-corrected chi connectivity index (χ1v) is 13.3. The van der Waals surface area contributed by atoms with Crippen molar-refractivity contribution in [1.82, 2.24) is 4.90 Å². The van der Waals surface area contributed by atoms with E-state index in [1.54, 1.807) is 54.4 Å². The lowest BCUT2D eigenvalue weighted by atomic mass is 10.1. The first kappa shape index (κ1) is 28.1. The molecule has 1 amide bonds. The third-order valence-electron chi connectivity index (χ3n) is 4.71. The number of carbonyl (C=O) groups excluding carboxylic acids is 1. The van der Waals surface area contributed by atoms with Gasteiger partial charge in [-0.05, 0) is 54.5 Å². The van der Waals surface area contributed by atoms with E-state index in [4.69, 9.17) is 28.3 Å². The number of rotatable bonds is 7. The predicted molar refractivity (Wildman–Crippen MR) is 148 cm³/mol. The van der Waals surface area contributed by atoms with Gasteiger partial charge in [0.15, 0.2) is 0 Å². The molecule has 1 aliphatic carbocycles. The molecule has 34 heavy (non-hydrogen) atoms. The molecule has 0 fully saturated rings. The smallest absolute Gasteiger partial charge is 0.256 e. The van der Waals surface area contributed by atoms with Gasteiger partial charge in [-0.25, -0.2) is 8.61 Å². The van der Waals surface area contributed by atoms with Crippen LogP contribution in [0.2, 0.25) is 10.0 Å². The molecule has 2 aromatic carbocycles. The fraction of sp³-hybridized carbons (Fsp3) is 0.250. The number of hydrogen-bond acceptors (Lipinski definition) is 5. The molecule has 0 heterocycles. The minimum Gasteiger partial charge on any atom is -0.337 e. The van der Waals surface area contributed by atoms with Gasteiger partial charge in [0, 0.05) is 35.0 Å². The summed E-state index contributed by atoms with van der Waals surface area (Å²) >= 11 is 13.1. The van der Waals surface area contributed by atoms with E-state index >= 15 is 0 Å². The third-order valence-corrected chi connectivity index (χ3v) is 6.80. The zero-order valence-corrected chi connectivity index (χ0v) is 22.6. The van der Waals surface area contributed by atoms with Gasteiger partial charge in [0.05, 0.1) is 29.1 Å². The van der Waals surface area contributed by atoms with E-state index in [9.17, 15) is 9.00 Å². The van der Waals surface area contributed by atoms with Crippen LogP contribution in [-0.4, -0.2) is 27.8 Å². The first-order valence-electron chi connectivity index (χ1n) is 10.6. The average molecular weight is 540 g/mol. The fourth-order valence-electron chi connectivity index (χ4n) is 3.10. The largest absolute Gasteiger partial charge is 0.337 e. The second-order valence-electron chi connectivity index (χ2n) is 7.17. The number of benzene rings is 2. The molecular weight excluding hydrogens is 511 g/mol. The topological polar surface area (TPSA) is 87.8 Å². The number of halogens is 2. The number of aryl methyl sites for hydroxylation is 1. The number of hydrogen-bond donors (Lipinski definition) is 2. The highest BCUT2D eigenvalue weighted by atomic mass is 35.5. The second-order valence-corrected chi connectivity index (χ2v) is 9.68.